The van der Waals surface area contributed by atoms with Crippen molar-refractivity contribution < 1.29 is 4.79 Å². The van der Waals surface area contributed by atoms with Crippen LogP contribution < -0.4 is 22.5 Å². The zero-order valence-corrected chi connectivity index (χ0v) is 11.1. The lowest BCUT2D eigenvalue weighted by molar-refractivity contribution is -0.121. The van der Waals surface area contributed by atoms with E-state index < -0.39 is 0 Å². The summed E-state index contributed by atoms with van der Waals surface area (Å²) >= 11 is 0. The number of hydrogen-bond acceptors (Lipinski definition) is 4. The van der Waals surface area contributed by atoms with Crippen molar-refractivity contribution >= 4 is 5.91 Å². The highest BCUT2D eigenvalue weighted by Gasteiger charge is 2.04. The summed E-state index contributed by atoms with van der Waals surface area (Å²) in [6, 6.07) is 1.40. The van der Waals surface area contributed by atoms with Gasteiger partial charge in [0, 0.05) is 31.8 Å². The van der Waals surface area contributed by atoms with E-state index in [0.717, 1.165) is 6.42 Å². The van der Waals surface area contributed by atoms with Crippen LogP contribution in [0.4, 0.5) is 0 Å². The van der Waals surface area contributed by atoms with Gasteiger partial charge in [-0.1, -0.05) is 6.42 Å². The standard InChI is InChI=1S/C12H20N4O3/c1-2-15-9-7-11(18)16(12(15)19)8-5-3-4-6-10(17)14-13/h7,9H,2-6,8,13H2,1H3,(H,14,17). The van der Waals surface area contributed by atoms with Crippen molar-refractivity contribution in [1.82, 2.24) is 14.6 Å². The summed E-state index contributed by atoms with van der Waals surface area (Å²) in [7, 11) is 0. The Kier molecular flexibility index (Phi) is 6.01. The van der Waals surface area contributed by atoms with Gasteiger partial charge < -0.3 is 4.57 Å². The Hall–Kier alpha value is -1.89. The van der Waals surface area contributed by atoms with E-state index in [2.05, 4.69) is 5.43 Å². The molecule has 0 atom stereocenters. The Bertz CT molecular complexity index is 533. The van der Waals surface area contributed by atoms with Gasteiger partial charge in [-0.2, -0.15) is 0 Å². The first-order chi connectivity index (χ1) is 9.10. The minimum Gasteiger partial charge on any atom is -0.301 e. The topological polar surface area (TPSA) is 99.1 Å². The molecule has 106 valence electrons. The highest BCUT2D eigenvalue weighted by atomic mass is 16.2. The minimum absolute atomic E-state index is 0.204. The molecule has 1 aromatic heterocycles. The van der Waals surface area contributed by atoms with Crippen LogP contribution in [0.1, 0.15) is 32.6 Å². The number of rotatable bonds is 7. The van der Waals surface area contributed by atoms with E-state index in [1.165, 1.54) is 21.4 Å². The summed E-state index contributed by atoms with van der Waals surface area (Å²) in [4.78, 5) is 34.4. The normalized spacial score (nSPS) is 10.4. The Morgan fingerprint density at radius 2 is 2.05 bits per heavy atom. The molecule has 0 radical (unpaired) electrons. The average molecular weight is 268 g/mol. The van der Waals surface area contributed by atoms with Crippen LogP contribution in [0.2, 0.25) is 0 Å². The molecule has 0 saturated carbocycles. The van der Waals surface area contributed by atoms with Gasteiger partial charge in [-0.15, -0.1) is 0 Å². The lowest BCUT2D eigenvalue weighted by atomic mass is 10.2. The van der Waals surface area contributed by atoms with Crippen LogP contribution in [0.15, 0.2) is 21.9 Å². The lowest BCUT2D eigenvalue weighted by Crippen LogP contribution is -2.38. The number of aryl methyl sites for hydroxylation is 1. The second kappa shape index (κ2) is 7.52. The first-order valence-electron chi connectivity index (χ1n) is 6.40. The zero-order chi connectivity index (χ0) is 14.3. The molecule has 1 rings (SSSR count). The lowest BCUT2D eigenvalue weighted by Gasteiger charge is -2.07. The molecule has 0 saturated heterocycles. The van der Waals surface area contributed by atoms with E-state index in [1.54, 1.807) is 0 Å². The van der Waals surface area contributed by atoms with Gasteiger partial charge in [0.2, 0.25) is 5.91 Å². The first kappa shape index (κ1) is 15.2. The molecule has 0 spiro atoms. The third-order valence-corrected chi connectivity index (χ3v) is 2.93. The highest BCUT2D eigenvalue weighted by Crippen LogP contribution is 2.00. The smallest absolute Gasteiger partial charge is 0.301 e. The summed E-state index contributed by atoms with van der Waals surface area (Å²) in [5.74, 6) is 4.76. The third-order valence-electron chi connectivity index (χ3n) is 2.93. The van der Waals surface area contributed by atoms with Crippen LogP contribution in [0.5, 0.6) is 0 Å². The Morgan fingerprint density at radius 3 is 2.68 bits per heavy atom. The SMILES string of the molecule is CCn1ccc(=O)n(CCCCCC(=O)NN)c1=O. The number of aromatic nitrogens is 2. The Balaban J connectivity index is 2.52. The fourth-order valence-electron chi connectivity index (χ4n) is 1.81. The van der Waals surface area contributed by atoms with Crippen LogP contribution in [0, 0.1) is 0 Å². The maximum absolute atomic E-state index is 11.9. The number of carbonyl (C=O) groups is 1. The second-order valence-electron chi connectivity index (χ2n) is 4.25. The predicted octanol–water partition coefficient (Wildman–Crippen LogP) is -0.420. The van der Waals surface area contributed by atoms with Crippen molar-refractivity contribution in [3.05, 3.63) is 33.1 Å². The molecule has 3 N–H and O–H groups in total. The molecule has 0 aromatic carbocycles. The maximum Gasteiger partial charge on any atom is 0.330 e. The fraction of sp³-hybridized carbons (Fsp3) is 0.583. The van der Waals surface area contributed by atoms with Crippen LogP contribution in [-0.4, -0.2) is 15.0 Å². The summed E-state index contributed by atoms with van der Waals surface area (Å²) in [6.45, 7) is 2.76. The van der Waals surface area contributed by atoms with Crippen molar-refractivity contribution in [2.45, 2.75) is 45.7 Å². The molecule has 0 bridgehead atoms. The molecule has 0 aliphatic rings. The largest absolute Gasteiger partial charge is 0.330 e. The van der Waals surface area contributed by atoms with Gasteiger partial charge in [-0.25, -0.2) is 10.6 Å². The van der Waals surface area contributed by atoms with Gasteiger partial charge in [0.25, 0.3) is 5.56 Å². The number of hydrazine groups is 1. The molecule has 1 amide bonds. The van der Waals surface area contributed by atoms with E-state index in [9.17, 15) is 14.4 Å². The first-order valence-corrected chi connectivity index (χ1v) is 6.40. The molecule has 7 heteroatoms. The van der Waals surface area contributed by atoms with Gasteiger partial charge in [-0.05, 0) is 19.8 Å². The highest BCUT2D eigenvalue weighted by molar-refractivity contribution is 5.74. The molecular weight excluding hydrogens is 248 g/mol. The van der Waals surface area contributed by atoms with Gasteiger partial charge in [0.1, 0.15) is 0 Å². The van der Waals surface area contributed by atoms with E-state index >= 15 is 0 Å². The quantitative estimate of drug-likeness (QED) is 0.303. The van der Waals surface area contributed by atoms with Gasteiger partial charge >= 0.3 is 5.69 Å². The number of nitrogens with one attached hydrogen (secondary N) is 1. The Morgan fingerprint density at radius 1 is 1.32 bits per heavy atom. The number of hydrogen-bond donors (Lipinski definition) is 2. The van der Waals surface area contributed by atoms with Crippen molar-refractivity contribution in [2.75, 3.05) is 0 Å². The van der Waals surface area contributed by atoms with Crippen molar-refractivity contribution in [3.63, 3.8) is 0 Å². The summed E-state index contributed by atoms with van der Waals surface area (Å²) in [5.41, 5.74) is 1.49. The van der Waals surface area contributed by atoms with Crippen LogP contribution >= 0.6 is 0 Å². The monoisotopic (exact) mass is 268 g/mol. The molecule has 0 fully saturated rings. The summed E-state index contributed by atoms with van der Waals surface area (Å²) < 4.78 is 2.72. The number of carbonyl (C=O) groups excluding carboxylic acids is 1. The molecule has 1 aromatic rings. The summed E-state index contributed by atoms with van der Waals surface area (Å²) in [5, 5.41) is 0. The van der Waals surface area contributed by atoms with E-state index in [-0.39, 0.29) is 17.2 Å². The van der Waals surface area contributed by atoms with Gasteiger partial charge in [-0.3, -0.25) is 19.6 Å². The number of unbranched alkanes of at least 4 members (excludes halogenated alkanes) is 2. The minimum atomic E-state index is -0.283. The zero-order valence-electron chi connectivity index (χ0n) is 11.1. The summed E-state index contributed by atoms with van der Waals surface area (Å²) in [6.07, 6.45) is 4.00. The molecule has 7 nitrogen and oxygen atoms in total. The van der Waals surface area contributed by atoms with Gasteiger partial charge in [0.15, 0.2) is 0 Å². The van der Waals surface area contributed by atoms with Gasteiger partial charge in [0.05, 0.1) is 0 Å². The van der Waals surface area contributed by atoms with E-state index in [0.29, 0.717) is 32.4 Å². The molecule has 19 heavy (non-hydrogen) atoms. The average Bonchev–Trinajstić information content (AvgIpc) is 2.41. The molecule has 1 heterocycles. The fourth-order valence-corrected chi connectivity index (χ4v) is 1.81. The molecule has 0 unspecified atom stereocenters. The van der Waals surface area contributed by atoms with Crippen molar-refractivity contribution in [1.29, 1.82) is 0 Å². The number of nitrogens with two attached hydrogens (primary N) is 1. The van der Waals surface area contributed by atoms with E-state index in [1.807, 2.05) is 6.92 Å². The Labute approximate surface area is 111 Å². The van der Waals surface area contributed by atoms with Crippen LogP contribution in [0.3, 0.4) is 0 Å². The van der Waals surface area contributed by atoms with Crippen LogP contribution in [-0.2, 0) is 17.9 Å². The van der Waals surface area contributed by atoms with Crippen LogP contribution in [0.25, 0.3) is 0 Å². The van der Waals surface area contributed by atoms with Crippen molar-refractivity contribution in [3.8, 4) is 0 Å². The van der Waals surface area contributed by atoms with E-state index in [4.69, 9.17) is 5.84 Å². The second-order valence-corrected chi connectivity index (χ2v) is 4.25. The molecule has 0 aliphatic carbocycles. The number of amides is 1. The molecule has 0 aliphatic heterocycles. The molecular formula is C12H20N4O3. The maximum atomic E-state index is 11.9. The predicted molar refractivity (Wildman–Crippen MR) is 71.4 cm³/mol. The van der Waals surface area contributed by atoms with Crippen molar-refractivity contribution in [2.24, 2.45) is 5.84 Å². The third kappa shape index (κ3) is 4.36. The number of nitrogens with zero attached hydrogens (tertiary/aromatic N) is 2.